The Bertz CT molecular complexity index is 3120. The van der Waals surface area contributed by atoms with E-state index in [4.69, 9.17) is 20.9 Å². The van der Waals surface area contributed by atoms with Gasteiger partial charge < -0.3 is 5.11 Å². The van der Waals surface area contributed by atoms with E-state index < -0.39 is 42.5 Å². The van der Waals surface area contributed by atoms with Crippen molar-refractivity contribution in [3.63, 3.8) is 0 Å². The fraction of sp³-hybridized carbons (Fsp3) is 0.192. The number of nitrogens with zero attached hydrogens (tertiary/aromatic N) is 3. The van der Waals surface area contributed by atoms with E-state index in [0.717, 1.165) is 50.1 Å². The first-order valence-electron chi connectivity index (χ1n) is 22.7. The van der Waals surface area contributed by atoms with Gasteiger partial charge in [-0.2, -0.15) is 0 Å². The van der Waals surface area contributed by atoms with Gasteiger partial charge in [-0.3, -0.25) is 9.55 Å². The molecule has 0 saturated heterocycles. The van der Waals surface area contributed by atoms with E-state index in [9.17, 15) is 5.11 Å². The first-order valence-corrected chi connectivity index (χ1v) is 18.7. The van der Waals surface area contributed by atoms with E-state index in [1.807, 2.05) is 100 Å². The van der Waals surface area contributed by atoms with Crippen molar-refractivity contribution in [2.24, 2.45) is 0 Å². The molecular weight excluding hydrogens is 878 g/mol. The first kappa shape index (κ1) is 30.6. The molecule has 57 heavy (non-hydrogen) atoms. The average Bonchev–Trinajstić information content (AvgIpc) is 3.63. The van der Waals surface area contributed by atoms with Crippen molar-refractivity contribution in [1.82, 2.24) is 14.5 Å². The Kier molecular flexibility index (Phi) is 8.44. The standard InChI is InChI=1S/C52H48N3O.Pt/c1-32(2)39-25-40(36-13-10-9-11-14-36)30-44(29-39)55-48-16-12-15-45(49(48)54-51(55)46-24-34(4)23-35(5)50(46)56)41-26-42(28-43(27-41)52(6,7)8)47-31-38(21-22-53-47)37-19-17-33(3)18-20-37;/h9-25,27-32,56H,1-8H3;/q-1;/i3D3,17D,18D,19D,20D,32D;. The number of aromatic nitrogens is 3. The normalized spacial score (nSPS) is 14.0. The maximum absolute atomic E-state index is 11.7. The van der Waals surface area contributed by atoms with Gasteiger partial charge in [0, 0.05) is 44.1 Å². The molecule has 0 amide bonds. The number of para-hydroxylation sites is 1. The van der Waals surface area contributed by atoms with Crippen molar-refractivity contribution >= 4 is 11.0 Å². The van der Waals surface area contributed by atoms with Crippen LogP contribution in [0.25, 0.3) is 72.7 Å². The zero-order valence-electron chi connectivity index (χ0n) is 41.0. The zero-order chi connectivity index (χ0) is 46.2. The van der Waals surface area contributed by atoms with Crippen LogP contribution in [0.4, 0.5) is 0 Å². The van der Waals surface area contributed by atoms with Gasteiger partial charge in [0.1, 0.15) is 11.6 Å². The number of hydrogen-bond acceptors (Lipinski definition) is 3. The summed E-state index contributed by atoms with van der Waals surface area (Å²) in [7, 11) is 0. The molecule has 0 saturated carbocycles. The molecule has 2 aromatic heterocycles. The predicted octanol–water partition coefficient (Wildman–Crippen LogP) is 13.6. The van der Waals surface area contributed by atoms with Gasteiger partial charge in [-0.1, -0.05) is 136 Å². The third kappa shape index (κ3) is 7.89. The van der Waals surface area contributed by atoms with Crippen molar-refractivity contribution < 1.29 is 37.1 Å². The molecule has 288 valence electrons. The second-order valence-electron chi connectivity index (χ2n) is 15.7. The summed E-state index contributed by atoms with van der Waals surface area (Å²) < 4.78 is 69.4. The van der Waals surface area contributed by atoms with E-state index >= 15 is 0 Å². The number of pyridine rings is 1. The van der Waals surface area contributed by atoms with Crippen LogP contribution in [0.15, 0.2) is 133 Å². The van der Waals surface area contributed by atoms with Crippen LogP contribution in [0, 0.1) is 26.8 Å². The minimum absolute atomic E-state index is 0. The molecular formula is C52H48N3OPt-. The number of hydrogen-bond donors (Lipinski definition) is 1. The number of phenols is 1. The molecule has 2 heterocycles. The summed E-state index contributed by atoms with van der Waals surface area (Å²) in [5.74, 6) is -0.295. The van der Waals surface area contributed by atoms with Gasteiger partial charge in [0.2, 0.25) is 0 Å². The van der Waals surface area contributed by atoms with E-state index in [0.29, 0.717) is 39.3 Å². The van der Waals surface area contributed by atoms with Gasteiger partial charge in [0.15, 0.2) is 0 Å². The number of aromatic hydroxyl groups is 1. The third-order valence-electron chi connectivity index (χ3n) is 10.2. The molecule has 0 unspecified atom stereocenters. The Morgan fingerprint density at radius 2 is 1.51 bits per heavy atom. The van der Waals surface area contributed by atoms with Crippen LogP contribution in [0.3, 0.4) is 0 Å². The number of phenolic OH excluding ortho intramolecular Hbond substituents is 1. The summed E-state index contributed by atoms with van der Waals surface area (Å²) in [6.45, 7) is 11.1. The van der Waals surface area contributed by atoms with Gasteiger partial charge in [0.05, 0.1) is 22.1 Å². The van der Waals surface area contributed by atoms with Gasteiger partial charge in [0.25, 0.3) is 0 Å². The summed E-state index contributed by atoms with van der Waals surface area (Å²) >= 11 is 0. The topological polar surface area (TPSA) is 50.9 Å². The minimum Gasteiger partial charge on any atom is -0.507 e. The SMILES string of the molecule is [2H]c1c([2H])c(C([2H])([2H])[2H])c([2H])c([2H])c1-c1ccnc(-c2[c-]c(-c3cccc4c3nc(-c3cc(C)cc(C)c3O)n4-c3cc(-c4ccccc4)cc(C([2H])(C)C)c3)cc(C(C)(C)C)c2)c1.[Pt]. The Morgan fingerprint density at radius 1 is 0.754 bits per heavy atom. The van der Waals surface area contributed by atoms with Gasteiger partial charge in [-0.25, -0.2) is 4.98 Å². The summed E-state index contributed by atoms with van der Waals surface area (Å²) in [5, 5.41) is 11.7. The van der Waals surface area contributed by atoms with Crippen LogP contribution in [-0.4, -0.2) is 19.6 Å². The second kappa shape index (κ2) is 15.8. The molecule has 0 bridgehead atoms. The quantitative estimate of drug-likeness (QED) is 0.162. The van der Waals surface area contributed by atoms with Crippen LogP contribution >= 0.6 is 0 Å². The summed E-state index contributed by atoms with van der Waals surface area (Å²) in [6, 6.07) is 34.9. The fourth-order valence-electron chi connectivity index (χ4n) is 7.19. The number of benzene rings is 6. The van der Waals surface area contributed by atoms with Crippen LogP contribution in [0.5, 0.6) is 5.75 Å². The van der Waals surface area contributed by atoms with Crippen molar-refractivity contribution in [1.29, 1.82) is 0 Å². The van der Waals surface area contributed by atoms with Crippen LogP contribution in [0.2, 0.25) is 0 Å². The van der Waals surface area contributed by atoms with Crippen LogP contribution < -0.4 is 0 Å². The van der Waals surface area contributed by atoms with Gasteiger partial charge >= 0.3 is 0 Å². The Morgan fingerprint density at radius 3 is 2.23 bits per heavy atom. The minimum atomic E-state index is -2.83. The van der Waals surface area contributed by atoms with E-state index in [1.165, 1.54) is 6.20 Å². The Balaban J connectivity index is 0.00000630. The summed E-state index contributed by atoms with van der Waals surface area (Å²) in [6.07, 6.45) is 1.53. The molecule has 8 rings (SSSR count). The molecule has 0 spiro atoms. The monoisotopic (exact) mass is 933 g/mol. The van der Waals surface area contributed by atoms with Crippen LogP contribution in [0.1, 0.15) is 79.3 Å². The molecule has 6 aromatic carbocycles. The molecule has 0 atom stereocenters. The second-order valence-corrected chi connectivity index (χ2v) is 15.7. The molecule has 0 aliphatic carbocycles. The molecule has 8 aromatic rings. The molecule has 1 N–H and O–H groups in total. The number of aryl methyl sites for hydroxylation is 2. The average molecular weight is 934 g/mol. The van der Waals surface area contributed by atoms with Crippen molar-refractivity contribution in [3.05, 3.63) is 167 Å². The van der Waals surface area contributed by atoms with Gasteiger partial charge in [-0.15, -0.1) is 29.3 Å². The number of rotatable bonds is 7. The van der Waals surface area contributed by atoms with Crippen molar-refractivity contribution in [2.45, 2.75) is 66.6 Å². The van der Waals surface area contributed by atoms with Crippen LogP contribution in [-0.2, 0) is 26.5 Å². The maximum Gasteiger partial charge on any atom is 0.148 e. The van der Waals surface area contributed by atoms with Gasteiger partial charge in [-0.05, 0) is 101 Å². The van der Waals surface area contributed by atoms with Crippen molar-refractivity contribution in [2.75, 3.05) is 0 Å². The largest absolute Gasteiger partial charge is 0.507 e. The number of fused-ring (bicyclic) bond motifs is 1. The molecule has 4 nitrogen and oxygen atoms in total. The molecule has 0 fully saturated rings. The Hall–Kier alpha value is -5.57. The predicted molar refractivity (Wildman–Crippen MR) is 234 cm³/mol. The first-order chi connectivity index (χ1) is 30.0. The van der Waals surface area contributed by atoms with E-state index in [-0.39, 0.29) is 37.8 Å². The van der Waals surface area contributed by atoms with E-state index in [1.54, 1.807) is 12.1 Å². The smallest absolute Gasteiger partial charge is 0.148 e. The summed E-state index contributed by atoms with van der Waals surface area (Å²) in [5.41, 5.74) is 10.1. The molecule has 5 heteroatoms. The molecule has 0 aliphatic heterocycles. The number of imidazole rings is 1. The molecule has 0 radical (unpaired) electrons. The summed E-state index contributed by atoms with van der Waals surface area (Å²) in [4.78, 5) is 10.1. The van der Waals surface area contributed by atoms with E-state index in [2.05, 4.69) is 49.6 Å². The van der Waals surface area contributed by atoms with Crippen molar-refractivity contribution in [3.8, 4) is 67.5 Å². The molecule has 0 aliphatic rings. The zero-order valence-corrected chi connectivity index (χ0v) is 35.3. The fourth-order valence-corrected chi connectivity index (χ4v) is 7.19. The maximum atomic E-state index is 11.7. The Labute approximate surface area is 362 Å². The third-order valence-corrected chi connectivity index (χ3v) is 10.2.